The molecule has 2 atom stereocenters. The Morgan fingerprint density at radius 3 is 3.06 bits per heavy atom. The molecule has 6 heteroatoms. The first-order valence-corrected chi connectivity index (χ1v) is 5.74. The van der Waals surface area contributed by atoms with Crippen LogP contribution >= 0.6 is 0 Å². The summed E-state index contributed by atoms with van der Waals surface area (Å²) in [6, 6.07) is 5.06. The van der Waals surface area contributed by atoms with Crippen LogP contribution in [0.25, 0.3) is 11.1 Å². The summed E-state index contributed by atoms with van der Waals surface area (Å²) in [5.41, 5.74) is 1.67. The predicted molar refractivity (Wildman–Crippen MR) is 62.4 cm³/mol. The van der Waals surface area contributed by atoms with Crippen molar-refractivity contribution in [2.24, 2.45) is 0 Å². The molecule has 18 heavy (non-hydrogen) atoms. The zero-order valence-electron chi connectivity index (χ0n) is 9.59. The van der Waals surface area contributed by atoms with Gasteiger partial charge in [0.1, 0.15) is 12.2 Å². The van der Waals surface area contributed by atoms with Gasteiger partial charge in [0.25, 0.3) is 0 Å². The van der Waals surface area contributed by atoms with E-state index in [1.807, 2.05) is 0 Å². The highest BCUT2D eigenvalue weighted by Crippen LogP contribution is 2.24. The van der Waals surface area contributed by atoms with E-state index < -0.39 is 11.9 Å². The van der Waals surface area contributed by atoms with E-state index >= 15 is 0 Å². The maximum Gasteiger partial charge on any atom is 0.417 e. The molecule has 6 nitrogen and oxygen atoms in total. The number of benzene rings is 1. The molecule has 0 aliphatic carbocycles. The first-order chi connectivity index (χ1) is 8.74. The second-order valence-electron chi connectivity index (χ2n) is 4.20. The van der Waals surface area contributed by atoms with Crippen LogP contribution in [-0.2, 0) is 9.47 Å². The molecule has 2 heterocycles. The van der Waals surface area contributed by atoms with Crippen LogP contribution < -0.4 is 5.76 Å². The van der Waals surface area contributed by atoms with E-state index in [0.29, 0.717) is 36.5 Å². The zero-order chi connectivity index (χ0) is 12.5. The molecular weight excluding hydrogens is 238 g/mol. The second-order valence-corrected chi connectivity index (χ2v) is 4.20. The minimum absolute atomic E-state index is 0.357. The van der Waals surface area contributed by atoms with Gasteiger partial charge in [-0.3, -0.25) is 4.98 Å². The monoisotopic (exact) mass is 251 g/mol. The number of aliphatic hydroxyl groups is 1. The molecule has 2 unspecified atom stereocenters. The highest BCUT2D eigenvalue weighted by Gasteiger charge is 2.25. The van der Waals surface area contributed by atoms with Crippen molar-refractivity contribution in [3.05, 3.63) is 34.3 Å². The van der Waals surface area contributed by atoms with Crippen molar-refractivity contribution in [2.75, 3.05) is 19.8 Å². The normalized spacial score (nSPS) is 22.2. The Bertz CT molecular complexity index is 596. The van der Waals surface area contributed by atoms with Gasteiger partial charge in [-0.15, -0.1) is 0 Å². The van der Waals surface area contributed by atoms with Crippen LogP contribution in [0.1, 0.15) is 11.7 Å². The number of nitrogens with one attached hydrogen (secondary N) is 1. The van der Waals surface area contributed by atoms with Crippen molar-refractivity contribution < 1.29 is 19.0 Å². The van der Waals surface area contributed by atoms with Gasteiger partial charge in [0.2, 0.25) is 0 Å². The van der Waals surface area contributed by atoms with Crippen molar-refractivity contribution in [3.8, 4) is 0 Å². The first-order valence-electron chi connectivity index (χ1n) is 5.74. The molecule has 0 saturated carbocycles. The lowest BCUT2D eigenvalue weighted by molar-refractivity contribution is -0.133. The number of hydrogen-bond acceptors (Lipinski definition) is 5. The smallest absolute Gasteiger partial charge is 0.408 e. The van der Waals surface area contributed by atoms with Crippen LogP contribution in [0, 0.1) is 0 Å². The molecule has 1 aliphatic heterocycles. The summed E-state index contributed by atoms with van der Waals surface area (Å²) in [7, 11) is 0. The minimum atomic E-state index is -0.796. The summed E-state index contributed by atoms with van der Waals surface area (Å²) < 4.78 is 15.6. The maximum atomic E-state index is 11.0. The van der Waals surface area contributed by atoms with Gasteiger partial charge in [-0.05, 0) is 17.7 Å². The Morgan fingerprint density at radius 1 is 1.39 bits per heavy atom. The lowest BCUT2D eigenvalue weighted by Crippen LogP contribution is -2.33. The summed E-state index contributed by atoms with van der Waals surface area (Å²) >= 11 is 0. The number of aromatic nitrogens is 1. The third kappa shape index (κ3) is 2.05. The second kappa shape index (κ2) is 4.56. The van der Waals surface area contributed by atoms with Gasteiger partial charge in [0.15, 0.2) is 5.58 Å². The SMILES string of the molecule is O=c1[nH]c2ccc(C(O)C3COCCO3)cc2o1. The number of oxazole rings is 1. The van der Waals surface area contributed by atoms with E-state index in [1.165, 1.54) is 0 Å². The molecule has 1 aliphatic rings. The molecule has 2 aromatic rings. The van der Waals surface area contributed by atoms with Gasteiger partial charge in [0.05, 0.1) is 25.3 Å². The molecule has 1 aromatic carbocycles. The number of H-pyrrole nitrogens is 1. The summed E-state index contributed by atoms with van der Waals surface area (Å²) in [4.78, 5) is 13.6. The van der Waals surface area contributed by atoms with Gasteiger partial charge in [-0.1, -0.05) is 6.07 Å². The topological polar surface area (TPSA) is 84.7 Å². The number of ether oxygens (including phenoxy) is 2. The van der Waals surface area contributed by atoms with Crippen molar-refractivity contribution in [2.45, 2.75) is 12.2 Å². The van der Waals surface area contributed by atoms with Crippen LogP contribution in [0.3, 0.4) is 0 Å². The minimum Gasteiger partial charge on any atom is -0.408 e. The number of hydrogen-bond donors (Lipinski definition) is 2. The largest absolute Gasteiger partial charge is 0.417 e. The average molecular weight is 251 g/mol. The Kier molecular flexibility index (Phi) is 2.91. The highest BCUT2D eigenvalue weighted by atomic mass is 16.6. The number of aromatic amines is 1. The molecule has 1 saturated heterocycles. The molecule has 2 N–H and O–H groups in total. The molecular formula is C12H13NO5. The molecule has 1 aromatic heterocycles. The van der Waals surface area contributed by atoms with Crippen LogP contribution in [0.4, 0.5) is 0 Å². The summed E-state index contributed by atoms with van der Waals surface area (Å²) in [6.07, 6.45) is -1.18. The molecule has 0 bridgehead atoms. The lowest BCUT2D eigenvalue weighted by atomic mass is 10.0. The molecule has 96 valence electrons. The van der Waals surface area contributed by atoms with Gasteiger partial charge in [-0.25, -0.2) is 4.79 Å². The quantitative estimate of drug-likeness (QED) is 0.815. The van der Waals surface area contributed by atoms with Crippen molar-refractivity contribution >= 4 is 11.1 Å². The van der Waals surface area contributed by atoms with E-state index in [1.54, 1.807) is 18.2 Å². The lowest BCUT2D eigenvalue weighted by Gasteiger charge is -2.27. The average Bonchev–Trinajstić information content (AvgIpc) is 2.78. The summed E-state index contributed by atoms with van der Waals surface area (Å²) in [5, 5.41) is 10.2. The Balaban J connectivity index is 1.90. The Morgan fingerprint density at radius 2 is 2.28 bits per heavy atom. The number of rotatable bonds is 2. The van der Waals surface area contributed by atoms with Crippen molar-refractivity contribution in [3.63, 3.8) is 0 Å². The fourth-order valence-electron chi connectivity index (χ4n) is 2.05. The van der Waals surface area contributed by atoms with E-state index in [-0.39, 0.29) is 6.10 Å². The van der Waals surface area contributed by atoms with Gasteiger partial charge in [-0.2, -0.15) is 0 Å². The van der Waals surface area contributed by atoms with Crippen molar-refractivity contribution in [1.29, 1.82) is 0 Å². The molecule has 0 radical (unpaired) electrons. The Hall–Kier alpha value is -1.63. The first kappa shape index (κ1) is 11.5. The predicted octanol–water partition coefficient (Wildman–Crippen LogP) is 0.570. The fraction of sp³-hybridized carbons (Fsp3) is 0.417. The van der Waals surface area contributed by atoms with E-state index in [2.05, 4.69) is 4.98 Å². The maximum absolute atomic E-state index is 11.0. The third-order valence-corrected chi connectivity index (χ3v) is 2.98. The molecule has 0 amide bonds. The highest BCUT2D eigenvalue weighted by molar-refractivity contribution is 5.72. The van der Waals surface area contributed by atoms with Gasteiger partial charge >= 0.3 is 5.76 Å². The molecule has 0 spiro atoms. The van der Waals surface area contributed by atoms with Crippen LogP contribution in [0.2, 0.25) is 0 Å². The summed E-state index contributed by atoms with van der Waals surface area (Å²) in [6.45, 7) is 1.38. The van der Waals surface area contributed by atoms with Crippen molar-refractivity contribution in [1.82, 2.24) is 4.98 Å². The molecule has 3 rings (SSSR count). The zero-order valence-corrected chi connectivity index (χ0v) is 9.59. The van der Waals surface area contributed by atoms with E-state index in [9.17, 15) is 9.90 Å². The van der Waals surface area contributed by atoms with Crippen LogP contribution in [0.5, 0.6) is 0 Å². The van der Waals surface area contributed by atoms with E-state index in [4.69, 9.17) is 13.9 Å². The Labute approximate surface area is 102 Å². The van der Waals surface area contributed by atoms with Gasteiger partial charge < -0.3 is 19.0 Å². The van der Waals surface area contributed by atoms with E-state index in [0.717, 1.165) is 0 Å². The van der Waals surface area contributed by atoms with Crippen LogP contribution in [-0.4, -0.2) is 36.0 Å². The number of aliphatic hydroxyl groups excluding tert-OH is 1. The summed E-state index contributed by atoms with van der Waals surface area (Å²) in [5.74, 6) is -0.506. The standard InChI is InChI=1S/C12H13NO5/c14-11(10-6-16-3-4-17-10)7-1-2-8-9(5-7)18-12(15)13-8/h1-2,5,10-11,14H,3-4,6H2,(H,13,15). The van der Waals surface area contributed by atoms with Crippen LogP contribution in [0.15, 0.2) is 27.4 Å². The van der Waals surface area contributed by atoms with Gasteiger partial charge in [0, 0.05) is 0 Å². The molecule has 1 fully saturated rings. The number of fused-ring (bicyclic) bond motifs is 1. The fourth-order valence-corrected chi connectivity index (χ4v) is 2.05. The third-order valence-electron chi connectivity index (χ3n) is 2.98.